The van der Waals surface area contributed by atoms with E-state index in [2.05, 4.69) is 19.8 Å². The van der Waals surface area contributed by atoms with E-state index in [1.165, 1.54) is 25.3 Å². The second-order valence-electron chi connectivity index (χ2n) is 5.96. The fraction of sp³-hybridized carbons (Fsp3) is 0.235. The minimum atomic E-state index is -4.82. The Morgan fingerprint density at radius 1 is 1.07 bits per heavy atom. The molecule has 5 nitrogen and oxygen atoms in total. The van der Waals surface area contributed by atoms with E-state index in [-0.39, 0.29) is 15.5 Å². The highest BCUT2D eigenvalue weighted by Gasteiger charge is 2.32. The van der Waals surface area contributed by atoms with Gasteiger partial charge in [0.05, 0.1) is 9.71 Å². The maximum absolute atomic E-state index is 12.9. The van der Waals surface area contributed by atoms with Crippen LogP contribution in [0.5, 0.6) is 5.75 Å². The van der Waals surface area contributed by atoms with Crippen molar-refractivity contribution in [2.24, 2.45) is 0 Å². The van der Waals surface area contributed by atoms with Crippen LogP contribution in [0.25, 0.3) is 0 Å². The summed E-state index contributed by atoms with van der Waals surface area (Å²) in [6.07, 6.45) is -7.16. The first-order chi connectivity index (χ1) is 13.7. The smallest absolute Gasteiger partial charge is 0.406 e. The molecule has 164 valence electrons. The number of nitrogens with one attached hydrogen (secondary N) is 2. The van der Waals surface area contributed by atoms with E-state index in [1.807, 2.05) is 0 Å². The number of aromatic nitrogens is 1. The van der Waals surface area contributed by atoms with Gasteiger partial charge in [-0.15, -0.1) is 13.2 Å². The summed E-state index contributed by atoms with van der Waals surface area (Å²) >= 11 is 5.05. The van der Waals surface area contributed by atoms with Gasteiger partial charge >= 0.3 is 12.5 Å². The molecule has 0 amide bonds. The number of nitrogens with zero attached hydrogens (tertiary/aromatic N) is 1. The van der Waals surface area contributed by atoms with Gasteiger partial charge in [-0.25, -0.2) is 4.21 Å². The van der Waals surface area contributed by atoms with Gasteiger partial charge in [0.2, 0.25) is 0 Å². The quantitative estimate of drug-likeness (QED) is 0.394. The zero-order valence-electron chi connectivity index (χ0n) is 15.4. The number of benzene rings is 1. The molecule has 1 atom stereocenters. The van der Waals surface area contributed by atoms with E-state index in [9.17, 15) is 30.6 Å². The fourth-order valence-corrected chi connectivity index (χ4v) is 3.87. The molecule has 2 aromatic rings. The summed E-state index contributed by atoms with van der Waals surface area (Å²) in [5.74, 6) is -0.426. The highest BCUT2D eigenvalue weighted by atomic mass is 32.2. The first kappa shape index (κ1) is 23.7. The summed E-state index contributed by atoms with van der Waals surface area (Å²) in [4.78, 5) is 3.54. The lowest BCUT2D eigenvalue weighted by Gasteiger charge is -2.16. The third-order valence-corrected chi connectivity index (χ3v) is 6.01. The molecule has 0 radical (unpaired) electrons. The Hall–Kier alpha value is -2.54. The predicted molar refractivity (Wildman–Crippen MR) is 106 cm³/mol. The van der Waals surface area contributed by atoms with Gasteiger partial charge in [0.15, 0.2) is 5.11 Å². The van der Waals surface area contributed by atoms with E-state index < -0.39 is 33.7 Å². The molecule has 0 spiro atoms. The van der Waals surface area contributed by atoms with Crippen LogP contribution >= 0.6 is 12.2 Å². The van der Waals surface area contributed by atoms with Gasteiger partial charge in [0, 0.05) is 28.6 Å². The number of thiocarbonyl (C=S) groups is 1. The van der Waals surface area contributed by atoms with Crippen molar-refractivity contribution >= 4 is 37.6 Å². The molecule has 0 saturated heterocycles. The first-order valence-corrected chi connectivity index (χ1v) is 10.4. The van der Waals surface area contributed by atoms with Crippen molar-refractivity contribution in [3.05, 3.63) is 53.9 Å². The number of hydrogen-bond acceptors (Lipinski definition) is 4. The zero-order chi connectivity index (χ0) is 22.7. The maximum Gasteiger partial charge on any atom is 0.573 e. The van der Waals surface area contributed by atoms with Gasteiger partial charge in [0.1, 0.15) is 11.4 Å². The average Bonchev–Trinajstić information content (AvgIpc) is 2.60. The van der Waals surface area contributed by atoms with Gasteiger partial charge < -0.3 is 10.1 Å². The number of anilines is 1. The Balaban J connectivity index is 2.11. The van der Waals surface area contributed by atoms with Gasteiger partial charge in [-0.3, -0.25) is 9.71 Å². The van der Waals surface area contributed by atoms with Crippen molar-refractivity contribution in [1.29, 1.82) is 0 Å². The summed E-state index contributed by atoms with van der Waals surface area (Å²) < 4.78 is 93.6. The minimum Gasteiger partial charge on any atom is -0.406 e. The fourth-order valence-electron chi connectivity index (χ4n) is 2.14. The van der Waals surface area contributed by atoms with Crippen LogP contribution in [0, 0.1) is 0 Å². The lowest BCUT2D eigenvalue weighted by Crippen LogP contribution is -2.36. The number of halogens is 6. The second kappa shape index (κ2) is 8.68. The van der Waals surface area contributed by atoms with Crippen LogP contribution in [0.4, 0.5) is 32.0 Å². The Labute approximate surface area is 173 Å². The lowest BCUT2D eigenvalue weighted by atomic mass is 10.2. The largest absolute Gasteiger partial charge is 0.573 e. The van der Waals surface area contributed by atoms with Gasteiger partial charge in [-0.2, -0.15) is 13.2 Å². The standard InChI is InChI=1S/C17H15F6N3O2S2/c1-10(11-3-8-14(24-9-11)16(18,19)20)30(2,27)26-15(29)25-12-4-6-13(7-5-12)28-17(21,22)23/h3-9H,1-2H3,(H2,25,26,27,29). The van der Waals surface area contributed by atoms with E-state index in [4.69, 9.17) is 12.2 Å². The molecular formula is C17H15F6N3O2S2. The third-order valence-electron chi connectivity index (χ3n) is 3.68. The molecule has 2 N–H and O–H groups in total. The van der Waals surface area contributed by atoms with Crippen molar-refractivity contribution in [2.75, 3.05) is 11.6 Å². The maximum atomic E-state index is 12.9. The normalized spacial score (nSPS) is 13.9. The molecular weight excluding hydrogens is 456 g/mol. The molecule has 13 heteroatoms. The molecule has 30 heavy (non-hydrogen) atoms. The highest BCUT2D eigenvalue weighted by Crippen LogP contribution is 2.27. The molecule has 0 aliphatic heterocycles. The van der Waals surface area contributed by atoms with Crippen LogP contribution < -0.4 is 14.8 Å². The SMILES string of the molecule is CC(c1ccc(C(F)(F)F)nc1)=S(C)(=O)NC(=S)Nc1ccc(OC(F)(F)F)cc1. The van der Waals surface area contributed by atoms with Crippen LogP contribution in [0.15, 0.2) is 42.6 Å². The molecule has 0 aliphatic carbocycles. The Morgan fingerprint density at radius 2 is 1.67 bits per heavy atom. The number of pyridine rings is 1. The molecule has 1 heterocycles. The van der Waals surface area contributed by atoms with E-state index in [1.54, 1.807) is 0 Å². The molecule has 2 rings (SSSR count). The van der Waals surface area contributed by atoms with Crippen molar-refractivity contribution in [2.45, 2.75) is 19.5 Å². The Morgan fingerprint density at radius 3 is 2.13 bits per heavy atom. The van der Waals surface area contributed by atoms with Gasteiger partial charge in [-0.05, 0) is 49.5 Å². The third kappa shape index (κ3) is 6.76. The molecule has 0 aliphatic rings. The second-order valence-corrected chi connectivity index (χ2v) is 8.87. The summed E-state index contributed by atoms with van der Waals surface area (Å²) in [6, 6.07) is 6.58. The van der Waals surface area contributed by atoms with E-state index in [0.29, 0.717) is 5.69 Å². The molecule has 1 aromatic heterocycles. The lowest BCUT2D eigenvalue weighted by molar-refractivity contribution is -0.274. The van der Waals surface area contributed by atoms with Gasteiger partial charge in [0.25, 0.3) is 0 Å². The minimum absolute atomic E-state index is 0.105. The van der Waals surface area contributed by atoms with Crippen LogP contribution in [-0.4, -0.2) is 31.8 Å². The number of hydrogen-bond donors (Lipinski definition) is 2. The number of rotatable bonds is 4. The number of ether oxygens (including phenoxy) is 1. The summed E-state index contributed by atoms with van der Waals surface area (Å²) in [6.45, 7) is 1.45. The first-order valence-electron chi connectivity index (χ1n) is 7.98. The molecule has 0 fully saturated rings. The van der Waals surface area contributed by atoms with Crippen molar-refractivity contribution in [3.8, 4) is 5.75 Å². The summed E-state index contributed by atoms with van der Waals surface area (Å²) in [5, 5.41) is 2.54. The molecule has 1 unspecified atom stereocenters. The Bertz CT molecular complexity index is 1030. The number of alkyl halides is 6. The molecule has 1 aromatic carbocycles. The van der Waals surface area contributed by atoms with E-state index in [0.717, 1.165) is 30.5 Å². The average molecular weight is 471 g/mol. The zero-order valence-corrected chi connectivity index (χ0v) is 17.0. The van der Waals surface area contributed by atoms with Crippen molar-refractivity contribution in [1.82, 2.24) is 9.71 Å². The van der Waals surface area contributed by atoms with E-state index >= 15 is 0 Å². The van der Waals surface area contributed by atoms with Crippen molar-refractivity contribution in [3.63, 3.8) is 0 Å². The van der Waals surface area contributed by atoms with Crippen LogP contribution in [0.3, 0.4) is 0 Å². The summed E-state index contributed by atoms with van der Waals surface area (Å²) in [7, 11) is -2.99. The topological polar surface area (TPSA) is 63.2 Å². The van der Waals surface area contributed by atoms with Crippen LogP contribution in [-0.2, 0) is 15.9 Å². The van der Waals surface area contributed by atoms with Gasteiger partial charge in [-0.1, -0.05) is 6.07 Å². The predicted octanol–water partition coefficient (Wildman–Crippen LogP) is 4.36. The summed E-state index contributed by atoms with van der Waals surface area (Å²) in [5.41, 5.74) is -0.560. The van der Waals surface area contributed by atoms with Crippen LogP contribution in [0.2, 0.25) is 0 Å². The van der Waals surface area contributed by atoms with Crippen LogP contribution in [0.1, 0.15) is 18.2 Å². The van der Waals surface area contributed by atoms with Crippen molar-refractivity contribution < 1.29 is 35.3 Å². The molecule has 0 saturated carbocycles. The monoisotopic (exact) mass is 471 g/mol. The Kier molecular flexibility index (Phi) is 6.87. The highest BCUT2D eigenvalue weighted by molar-refractivity contribution is 8.01. The molecule has 0 bridgehead atoms.